The van der Waals surface area contributed by atoms with Gasteiger partial charge in [-0.05, 0) is 37.9 Å². The molecule has 126 valence electrons. The number of carbonyl (C=O) groups excluding carboxylic acids is 1. The second-order valence-electron chi connectivity index (χ2n) is 6.50. The highest BCUT2D eigenvalue weighted by molar-refractivity contribution is 5.99. The summed E-state index contributed by atoms with van der Waals surface area (Å²) in [5, 5.41) is 8.29. The standard InChI is InChI=1S/C18H22N4O2/c1-2-21(12-16-19-20-17(24-16)13-8-9-13)15-10-11-22(18(15)23)14-6-4-3-5-7-14/h3-7,13,15H,2,8-12H2,1H3. The summed E-state index contributed by atoms with van der Waals surface area (Å²) in [6.45, 7) is 4.13. The van der Waals surface area contributed by atoms with Crippen molar-refractivity contribution in [3.05, 3.63) is 42.1 Å². The summed E-state index contributed by atoms with van der Waals surface area (Å²) in [6, 6.07) is 9.74. The van der Waals surface area contributed by atoms with E-state index in [0.29, 0.717) is 18.4 Å². The maximum atomic E-state index is 12.8. The van der Waals surface area contributed by atoms with Gasteiger partial charge >= 0.3 is 0 Å². The number of hydrogen-bond acceptors (Lipinski definition) is 5. The molecule has 0 spiro atoms. The first-order chi connectivity index (χ1) is 11.8. The molecular weight excluding hydrogens is 304 g/mol. The van der Waals surface area contributed by atoms with Crippen LogP contribution in [-0.4, -0.2) is 40.1 Å². The first-order valence-electron chi connectivity index (χ1n) is 8.69. The molecule has 2 fully saturated rings. The molecule has 0 N–H and O–H groups in total. The van der Waals surface area contributed by atoms with Crippen molar-refractivity contribution in [2.24, 2.45) is 0 Å². The van der Waals surface area contributed by atoms with Crippen molar-refractivity contribution in [2.75, 3.05) is 18.0 Å². The maximum Gasteiger partial charge on any atom is 0.244 e. The number of aromatic nitrogens is 2. The summed E-state index contributed by atoms with van der Waals surface area (Å²) >= 11 is 0. The number of carbonyl (C=O) groups is 1. The molecule has 0 radical (unpaired) electrons. The van der Waals surface area contributed by atoms with E-state index in [0.717, 1.165) is 43.9 Å². The van der Waals surface area contributed by atoms with E-state index in [1.54, 1.807) is 0 Å². The molecule has 6 heteroatoms. The third kappa shape index (κ3) is 2.94. The highest BCUT2D eigenvalue weighted by Crippen LogP contribution is 2.39. The predicted molar refractivity (Wildman–Crippen MR) is 89.6 cm³/mol. The van der Waals surface area contributed by atoms with Gasteiger partial charge in [0.25, 0.3) is 0 Å². The quantitative estimate of drug-likeness (QED) is 0.816. The summed E-state index contributed by atoms with van der Waals surface area (Å²) in [5.74, 6) is 1.99. The van der Waals surface area contributed by atoms with Crippen LogP contribution < -0.4 is 4.90 Å². The van der Waals surface area contributed by atoms with Crippen LogP contribution in [0.15, 0.2) is 34.7 Å². The van der Waals surface area contributed by atoms with Crippen LogP contribution in [0.2, 0.25) is 0 Å². The highest BCUT2D eigenvalue weighted by Gasteiger charge is 2.37. The van der Waals surface area contributed by atoms with Gasteiger partial charge in [-0.15, -0.1) is 10.2 Å². The number of nitrogens with zero attached hydrogens (tertiary/aromatic N) is 4. The van der Waals surface area contributed by atoms with Gasteiger partial charge in [-0.1, -0.05) is 25.1 Å². The first kappa shape index (κ1) is 15.3. The van der Waals surface area contributed by atoms with Gasteiger partial charge in [-0.2, -0.15) is 0 Å². The molecule has 6 nitrogen and oxygen atoms in total. The second-order valence-corrected chi connectivity index (χ2v) is 6.50. The Labute approximate surface area is 141 Å². The van der Waals surface area contributed by atoms with Gasteiger partial charge in [0.05, 0.1) is 12.6 Å². The van der Waals surface area contributed by atoms with Gasteiger partial charge in [0, 0.05) is 18.2 Å². The van der Waals surface area contributed by atoms with Crippen molar-refractivity contribution in [1.82, 2.24) is 15.1 Å². The second kappa shape index (κ2) is 6.36. The van der Waals surface area contributed by atoms with Crippen LogP contribution in [0.3, 0.4) is 0 Å². The Bertz CT molecular complexity index is 711. The molecule has 1 aromatic carbocycles. The van der Waals surface area contributed by atoms with Crippen molar-refractivity contribution >= 4 is 11.6 Å². The molecule has 4 rings (SSSR count). The van der Waals surface area contributed by atoms with Crippen molar-refractivity contribution in [3.63, 3.8) is 0 Å². The van der Waals surface area contributed by atoms with Gasteiger partial charge in [0.15, 0.2) is 0 Å². The summed E-state index contributed by atoms with van der Waals surface area (Å²) in [6.07, 6.45) is 3.11. The summed E-state index contributed by atoms with van der Waals surface area (Å²) < 4.78 is 5.76. The number of para-hydroxylation sites is 1. The van der Waals surface area contributed by atoms with E-state index in [-0.39, 0.29) is 11.9 Å². The molecule has 2 heterocycles. The van der Waals surface area contributed by atoms with E-state index in [1.807, 2.05) is 35.2 Å². The average Bonchev–Trinajstić information content (AvgIpc) is 3.25. The number of likely N-dealkylation sites (N-methyl/N-ethyl adjacent to an activating group) is 1. The van der Waals surface area contributed by atoms with Crippen LogP contribution in [0.25, 0.3) is 0 Å². The van der Waals surface area contributed by atoms with Gasteiger partial charge in [0.1, 0.15) is 0 Å². The zero-order valence-electron chi connectivity index (χ0n) is 13.9. The van der Waals surface area contributed by atoms with E-state index in [4.69, 9.17) is 4.42 Å². The van der Waals surface area contributed by atoms with Crippen LogP contribution in [0.4, 0.5) is 5.69 Å². The molecule has 2 aromatic rings. The smallest absolute Gasteiger partial charge is 0.244 e. The van der Waals surface area contributed by atoms with Crippen molar-refractivity contribution in [3.8, 4) is 0 Å². The van der Waals surface area contributed by atoms with Crippen LogP contribution in [0.5, 0.6) is 0 Å². The van der Waals surface area contributed by atoms with E-state index < -0.39 is 0 Å². The predicted octanol–water partition coefficient (Wildman–Crippen LogP) is 2.57. The molecule has 1 aromatic heterocycles. The number of benzene rings is 1. The van der Waals surface area contributed by atoms with Crippen molar-refractivity contribution in [1.29, 1.82) is 0 Å². The molecule has 24 heavy (non-hydrogen) atoms. The Morgan fingerprint density at radius 3 is 2.71 bits per heavy atom. The monoisotopic (exact) mass is 326 g/mol. The van der Waals surface area contributed by atoms with Crippen LogP contribution in [0, 0.1) is 0 Å². The first-order valence-corrected chi connectivity index (χ1v) is 8.69. The SMILES string of the molecule is CCN(Cc1nnc(C2CC2)o1)C1CCN(c2ccccc2)C1=O. The number of amides is 1. The number of rotatable bonds is 6. The van der Waals surface area contributed by atoms with E-state index in [9.17, 15) is 4.79 Å². The van der Waals surface area contributed by atoms with Gasteiger partial charge in [-0.3, -0.25) is 9.69 Å². The Balaban J connectivity index is 1.45. The normalized spacial score (nSPS) is 21.0. The fourth-order valence-corrected chi connectivity index (χ4v) is 3.31. The molecule has 1 saturated carbocycles. The van der Waals surface area contributed by atoms with Crippen molar-refractivity contribution in [2.45, 2.75) is 44.7 Å². The molecule has 0 bridgehead atoms. The minimum atomic E-state index is -0.119. The van der Waals surface area contributed by atoms with E-state index >= 15 is 0 Å². The zero-order chi connectivity index (χ0) is 16.5. The van der Waals surface area contributed by atoms with Crippen LogP contribution in [0.1, 0.15) is 43.9 Å². The summed E-state index contributed by atoms with van der Waals surface area (Å²) in [4.78, 5) is 16.8. The lowest BCUT2D eigenvalue weighted by atomic mass is 10.2. The molecule has 1 amide bonds. The molecule has 1 aliphatic heterocycles. The molecule has 1 aliphatic carbocycles. The minimum Gasteiger partial charge on any atom is -0.424 e. The fraction of sp³-hybridized carbons (Fsp3) is 0.500. The highest BCUT2D eigenvalue weighted by atomic mass is 16.4. The molecule has 2 aliphatic rings. The third-order valence-electron chi connectivity index (χ3n) is 4.84. The largest absolute Gasteiger partial charge is 0.424 e. The molecular formula is C18H22N4O2. The molecule has 1 saturated heterocycles. The van der Waals surface area contributed by atoms with E-state index in [1.165, 1.54) is 0 Å². The summed E-state index contributed by atoms with van der Waals surface area (Å²) in [5.41, 5.74) is 0.967. The lowest BCUT2D eigenvalue weighted by molar-refractivity contribution is -0.121. The Hall–Kier alpha value is -2.21. The van der Waals surface area contributed by atoms with Crippen LogP contribution >= 0.6 is 0 Å². The fourth-order valence-electron chi connectivity index (χ4n) is 3.31. The molecule has 1 unspecified atom stereocenters. The average molecular weight is 326 g/mol. The minimum absolute atomic E-state index is 0.119. The van der Waals surface area contributed by atoms with E-state index in [2.05, 4.69) is 22.0 Å². The maximum absolute atomic E-state index is 12.8. The Morgan fingerprint density at radius 1 is 1.21 bits per heavy atom. The Morgan fingerprint density at radius 2 is 2.00 bits per heavy atom. The van der Waals surface area contributed by atoms with Gasteiger partial charge < -0.3 is 9.32 Å². The van der Waals surface area contributed by atoms with Crippen molar-refractivity contribution < 1.29 is 9.21 Å². The topological polar surface area (TPSA) is 62.5 Å². The third-order valence-corrected chi connectivity index (χ3v) is 4.84. The zero-order valence-corrected chi connectivity index (χ0v) is 13.9. The van der Waals surface area contributed by atoms with Crippen LogP contribution in [-0.2, 0) is 11.3 Å². The number of hydrogen-bond donors (Lipinski definition) is 0. The lowest BCUT2D eigenvalue weighted by Gasteiger charge is -2.25. The Kier molecular flexibility index (Phi) is 4.06. The lowest BCUT2D eigenvalue weighted by Crippen LogP contribution is -2.41. The molecule has 1 atom stereocenters. The summed E-state index contributed by atoms with van der Waals surface area (Å²) in [7, 11) is 0. The number of anilines is 1. The van der Waals surface area contributed by atoms with Gasteiger partial charge in [0.2, 0.25) is 17.7 Å². The van der Waals surface area contributed by atoms with Gasteiger partial charge in [-0.25, -0.2) is 0 Å².